The van der Waals surface area contributed by atoms with Crippen molar-refractivity contribution in [3.05, 3.63) is 48.6 Å². The third-order valence-corrected chi connectivity index (χ3v) is 5.48. The van der Waals surface area contributed by atoms with Crippen LogP contribution in [0.3, 0.4) is 0 Å². The highest BCUT2D eigenvalue weighted by atomic mass is 31.2. The second-order valence-corrected chi connectivity index (χ2v) is 6.58. The van der Waals surface area contributed by atoms with Crippen molar-refractivity contribution in [1.82, 2.24) is 0 Å². The van der Waals surface area contributed by atoms with E-state index in [2.05, 4.69) is 6.58 Å². The molecule has 0 heterocycles. The van der Waals surface area contributed by atoms with Gasteiger partial charge in [-0.25, -0.2) is 0 Å². The molecule has 0 spiro atoms. The SMILES string of the molecule is C=CCC(C(O)c1ccccc1)P(=O)(OCC)OCC. The lowest BCUT2D eigenvalue weighted by molar-refractivity contribution is 0.139. The lowest BCUT2D eigenvalue weighted by Gasteiger charge is -2.29. The highest BCUT2D eigenvalue weighted by Crippen LogP contribution is 2.58. The van der Waals surface area contributed by atoms with Gasteiger partial charge in [-0.15, -0.1) is 6.58 Å². The van der Waals surface area contributed by atoms with E-state index >= 15 is 0 Å². The number of benzene rings is 1. The predicted molar refractivity (Wildman–Crippen MR) is 80.9 cm³/mol. The maximum Gasteiger partial charge on any atom is 0.336 e. The summed E-state index contributed by atoms with van der Waals surface area (Å²) in [5.41, 5.74) is 0.0429. The van der Waals surface area contributed by atoms with Crippen LogP contribution in [0, 0.1) is 0 Å². The third kappa shape index (κ3) is 4.29. The Labute approximate surface area is 121 Å². The van der Waals surface area contributed by atoms with Crippen molar-refractivity contribution in [3.8, 4) is 0 Å². The van der Waals surface area contributed by atoms with Gasteiger partial charge in [0.05, 0.1) is 25.0 Å². The van der Waals surface area contributed by atoms with Gasteiger partial charge in [0.15, 0.2) is 0 Å². The summed E-state index contributed by atoms with van der Waals surface area (Å²) in [7, 11) is -3.39. The van der Waals surface area contributed by atoms with Crippen LogP contribution >= 0.6 is 7.60 Å². The first kappa shape index (κ1) is 17.1. The van der Waals surface area contributed by atoms with E-state index in [1.807, 2.05) is 18.2 Å². The van der Waals surface area contributed by atoms with E-state index in [0.717, 1.165) is 0 Å². The van der Waals surface area contributed by atoms with E-state index in [9.17, 15) is 9.67 Å². The fourth-order valence-electron chi connectivity index (χ4n) is 2.06. The standard InChI is InChI=1S/C15H23O4P/c1-4-10-14(20(17,18-5-2)19-6-3)15(16)13-11-8-7-9-12-13/h4,7-9,11-12,14-16H,1,5-6,10H2,2-3H3. The number of hydrogen-bond donors (Lipinski definition) is 1. The normalized spacial score (nSPS) is 14.8. The van der Waals surface area contributed by atoms with Crippen molar-refractivity contribution in [3.63, 3.8) is 0 Å². The molecule has 0 aromatic heterocycles. The molecule has 20 heavy (non-hydrogen) atoms. The molecule has 1 aromatic rings. The second kappa shape index (κ2) is 8.38. The zero-order valence-electron chi connectivity index (χ0n) is 12.1. The van der Waals surface area contributed by atoms with Gasteiger partial charge < -0.3 is 14.2 Å². The minimum atomic E-state index is -3.39. The lowest BCUT2D eigenvalue weighted by Crippen LogP contribution is -2.21. The molecule has 1 rings (SSSR count). The van der Waals surface area contributed by atoms with E-state index in [4.69, 9.17) is 9.05 Å². The summed E-state index contributed by atoms with van der Waals surface area (Å²) in [6.45, 7) is 7.72. The molecule has 0 bridgehead atoms. The maximum atomic E-state index is 12.9. The molecule has 2 atom stereocenters. The summed E-state index contributed by atoms with van der Waals surface area (Å²) in [6.07, 6.45) is 1.06. The smallest absolute Gasteiger partial charge is 0.336 e. The predicted octanol–water partition coefficient (Wildman–Crippen LogP) is 3.93. The van der Waals surface area contributed by atoms with Gasteiger partial charge in [-0.3, -0.25) is 4.57 Å². The van der Waals surface area contributed by atoms with Crippen molar-refractivity contribution in [1.29, 1.82) is 0 Å². The Morgan fingerprint density at radius 2 is 1.80 bits per heavy atom. The van der Waals surface area contributed by atoms with Gasteiger partial charge in [-0.1, -0.05) is 36.4 Å². The van der Waals surface area contributed by atoms with Gasteiger partial charge in [0.1, 0.15) is 0 Å². The van der Waals surface area contributed by atoms with Crippen LogP contribution in [-0.2, 0) is 13.6 Å². The first-order valence-electron chi connectivity index (χ1n) is 6.81. The van der Waals surface area contributed by atoms with E-state index in [0.29, 0.717) is 12.0 Å². The third-order valence-electron chi connectivity index (χ3n) is 2.94. The number of allylic oxidation sites excluding steroid dienone is 1. The number of aliphatic hydroxyl groups excluding tert-OH is 1. The highest BCUT2D eigenvalue weighted by molar-refractivity contribution is 7.54. The van der Waals surface area contributed by atoms with Crippen LogP contribution < -0.4 is 0 Å². The molecule has 0 radical (unpaired) electrons. The van der Waals surface area contributed by atoms with Crippen molar-refractivity contribution < 1.29 is 18.7 Å². The minimum Gasteiger partial charge on any atom is -0.387 e. The van der Waals surface area contributed by atoms with Crippen LogP contribution in [0.5, 0.6) is 0 Å². The zero-order valence-corrected chi connectivity index (χ0v) is 13.0. The first-order chi connectivity index (χ1) is 9.59. The Morgan fingerprint density at radius 1 is 1.25 bits per heavy atom. The van der Waals surface area contributed by atoms with E-state index in [1.165, 1.54) is 0 Å². The summed E-state index contributed by atoms with van der Waals surface area (Å²) < 4.78 is 23.6. The Bertz CT molecular complexity index is 436. The second-order valence-electron chi connectivity index (χ2n) is 4.32. The molecule has 0 amide bonds. The van der Waals surface area contributed by atoms with Crippen LogP contribution in [0.25, 0.3) is 0 Å². The molecular weight excluding hydrogens is 275 g/mol. The topological polar surface area (TPSA) is 55.8 Å². The first-order valence-corrected chi connectivity index (χ1v) is 8.42. The molecular formula is C15H23O4P. The zero-order chi connectivity index (χ0) is 15.0. The molecule has 0 saturated carbocycles. The quantitative estimate of drug-likeness (QED) is 0.554. The molecule has 1 N–H and O–H groups in total. The molecule has 0 saturated heterocycles. The Morgan fingerprint density at radius 3 is 2.25 bits per heavy atom. The summed E-state index contributed by atoms with van der Waals surface area (Å²) in [6, 6.07) is 9.11. The Kier molecular flexibility index (Phi) is 7.17. The Hall–Kier alpha value is -0.930. The van der Waals surface area contributed by atoms with Crippen molar-refractivity contribution in [2.24, 2.45) is 0 Å². The Balaban J connectivity index is 3.07. The number of hydrogen-bond acceptors (Lipinski definition) is 4. The average Bonchev–Trinajstić information content (AvgIpc) is 2.45. The summed E-state index contributed by atoms with van der Waals surface area (Å²) in [5.74, 6) is 0. The average molecular weight is 298 g/mol. The van der Waals surface area contributed by atoms with Crippen LogP contribution in [0.15, 0.2) is 43.0 Å². The van der Waals surface area contributed by atoms with Crippen molar-refractivity contribution in [2.75, 3.05) is 13.2 Å². The van der Waals surface area contributed by atoms with Gasteiger partial charge in [0.2, 0.25) is 0 Å². The van der Waals surface area contributed by atoms with Crippen molar-refractivity contribution >= 4 is 7.60 Å². The van der Waals surface area contributed by atoms with Crippen LogP contribution in [0.4, 0.5) is 0 Å². The molecule has 112 valence electrons. The van der Waals surface area contributed by atoms with Crippen LogP contribution in [-0.4, -0.2) is 24.0 Å². The monoisotopic (exact) mass is 298 g/mol. The highest BCUT2D eigenvalue weighted by Gasteiger charge is 2.40. The largest absolute Gasteiger partial charge is 0.387 e. The fourth-order valence-corrected chi connectivity index (χ4v) is 4.17. The molecule has 0 fully saturated rings. The molecule has 5 heteroatoms. The van der Waals surface area contributed by atoms with Gasteiger partial charge >= 0.3 is 7.60 Å². The van der Waals surface area contributed by atoms with E-state index < -0.39 is 19.4 Å². The molecule has 0 aliphatic heterocycles. The number of rotatable bonds is 9. The molecule has 0 aliphatic carbocycles. The molecule has 0 aliphatic rings. The van der Waals surface area contributed by atoms with E-state index in [-0.39, 0.29) is 13.2 Å². The van der Waals surface area contributed by atoms with Gasteiger partial charge in [-0.2, -0.15) is 0 Å². The fraction of sp³-hybridized carbons (Fsp3) is 0.467. The van der Waals surface area contributed by atoms with Gasteiger partial charge in [-0.05, 0) is 25.8 Å². The molecule has 4 nitrogen and oxygen atoms in total. The maximum absolute atomic E-state index is 12.9. The molecule has 1 aromatic carbocycles. The summed E-state index contributed by atoms with van der Waals surface area (Å²) in [5, 5.41) is 10.5. The van der Waals surface area contributed by atoms with Gasteiger partial charge in [0, 0.05) is 0 Å². The van der Waals surface area contributed by atoms with Crippen molar-refractivity contribution in [2.45, 2.75) is 32.0 Å². The van der Waals surface area contributed by atoms with Gasteiger partial charge in [0.25, 0.3) is 0 Å². The summed E-state index contributed by atoms with van der Waals surface area (Å²) >= 11 is 0. The minimum absolute atomic E-state index is 0.270. The van der Waals surface area contributed by atoms with E-state index in [1.54, 1.807) is 32.1 Å². The summed E-state index contributed by atoms with van der Waals surface area (Å²) in [4.78, 5) is 0. The van der Waals surface area contributed by atoms with Crippen LogP contribution in [0.1, 0.15) is 31.9 Å². The lowest BCUT2D eigenvalue weighted by atomic mass is 10.0. The number of aliphatic hydroxyl groups is 1. The molecule has 2 unspecified atom stereocenters. The van der Waals surface area contributed by atoms with Crippen LogP contribution in [0.2, 0.25) is 0 Å².